The van der Waals surface area contributed by atoms with Gasteiger partial charge in [0.15, 0.2) is 0 Å². The maximum atomic E-state index is 11.8. The van der Waals surface area contributed by atoms with Gasteiger partial charge in [-0.15, -0.1) is 0 Å². The van der Waals surface area contributed by atoms with E-state index in [0.29, 0.717) is 37.6 Å². The Morgan fingerprint density at radius 3 is 3.10 bits per heavy atom. The Kier molecular flexibility index (Phi) is 4.52. The van der Waals surface area contributed by atoms with E-state index in [9.17, 15) is 14.7 Å². The van der Waals surface area contributed by atoms with Gasteiger partial charge in [-0.05, 0) is 19.1 Å². The number of carboxylic acids is 1. The topological polar surface area (TPSA) is 94.6 Å². The standard InChI is InChI=1S/C13H18N4O3/c1-2-15-12(18)10-7-9(3-4-16-10)17-6-5-14-8-11(17)13(19)20/h3-4,7,11,14H,2,5-6,8H2,1H3,(H,15,18)(H,19,20). The fraction of sp³-hybridized carbons (Fsp3) is 0.462. The maximum Gasteiger partial charge on any atom is 0.327 e. The van der Waals surface area contributed by atoms with Crippen LogP contribution in [0.3, 0.4) is 0 Å². The number of rotatable bonds is 4. The van der Waals surface area contributed by atoms with Gasteiger partial charge in [0, 0.05) is 38.1 Å². The molecular weight excluding hydrogens is 260 g/mol. The first kappa shape index (κ1) is 14.3. The molecule has 0 bridgehead atoms. The molecule has 3 N–H and O–H groups in total. The molecule has 2 rings (SSSR count). The van der Waals surface area contributed by atoms with Crippen LogP contribution in [0, 0.1) is 0 Å². The van der Waals surface area contributed by atoms with Crippen molar-refractivity contribution in [2.75, 3.05) is 31.1 Å². The zero-order chi connectivity index (χ0) is 14.5. The fourth-order valence-corrected chi connectivity index (χ4v) is 2.21. The molecule has 0 aromatic carbocycles. The van der Waals surface area contributed by atoms with Crippen molar-refractivity contribution in [2.24, 2.45) is 0 Å². The summed E-state index contributed by atoms with van der Waals surface area (Å²) in [5, 5.41) is 15.0. The quantitative estimate of drug-likeness (QED) is 0.699. The SMILES string of the molecule is CCNC(=O)c1cc(N2CCNCC2C(=O)O)ccn1. The number of amides is 1. The van der Waals surface area contributed by atoms with Crippen molar-refractivity contribution in [1.82, 2.24) is 15.6 Å². The minimum atomic E-state index is -0.881. The van der Waals surface area contributed by atoms with Gasteiger partial charge < -0.3 is 20.6 Å². The number of hydrogen-bond donors (Lipinski definition) is 3. The second kappa shape index (κ2) is 6.33. The minimum Gasteiger partial charge on any atom is -0.480 e. The number of aromatic nitrogens is 1. The summed E-state index contributed by atoms with van der Waals surface area (Å²) in [6, 6.07) is 2.73. The summed E-state index contributed by atoms with van der Waals surface area (Å²) in [5.74, 6) is -1.13. The fourth-order valence-electron chi connectivity index (χ4n) is 2.21. The molecule has 20 heavy (non-hydrogen) atoms. The highest BCUT2D eigenvalue weighted by atomic mass is 16.4. The van der Waals surface area contributed by atoms with Crippen LogP contribution in [0.15, 0.2) is 18.3 Å². The summed E-state index contributed by atoms with van der Waals surface area (Å²) in [4.78, 5) is 28.9. The van der Waals surface area contributed by atoms with Crippen LogP contribution in [-0.2, 0) is 4.79 Å². The molecule has 1 aliphatic rings. The predicted octanol–water partition coefficient (Wildman–Crippen LogP) is -0.306. The van der Waals surface area contributed by atoms with Gasteiger partial charge in [-0.3, -0.25) is 9.78 Å². The average Bonchev–Trinajstić information content (AvgIpc) is 2.47. The van der Waals surface area contributed by atoms with Gasteiger partial charge in [-0.2, -0.15) is 0 Å². The molecular formula is C13H18N4O3. The van der Waals surface area contributed by atoms with E-state index in [0.717, 1.165) is 0 Å². The number of anilines is 1. The van der Waals surface area contributed by atoms with Gasteiger partial charge in [0.2, 0.25) is 0 Å². The number of carboxylic acid groups (broad SMARTS) is 1. The van der Waals surface area contributed by atoms with E-state index in [2.05, 4.69) is 15.6 Å². The minimum absolute atomic E-state index is 0.253. The Labute approximate surface area is 117 Å². The third-order valence-electron chi connectivity index (χ3n) is 3.17. The normalized spacial score (nSPS) is 18.6. The van der Waals surface area contributed by atoms with E-state index < -0.39 is 12.0 Å². The summed E-state index contributed by atoms with van der Waals surface area (Å²) >= 11 is 0. The molecule has 0 saturated carbocycles. The van der Waals surface area contributed by atoms with Gasteiger partial charge in [-0.1, -0.05) is 0 Å². The molecule has 1 amide bonds. The Morgan fingerprint density at radius 1 is 1.60 bits per heavy atom. The van der Waals surface area contributed by atoms with E-state index in [1.54, 1.807) is 17.0 Å². The molecule has 1 saturated heterocycles. The molecule has 0 aliphatic carbocycles. The summed E-state index contributed by atoms with van der Waals surface area (Å²) in [6.07, 6.45) is 1.53. The highest BCUT2D eigenvalue weighted by Gasteiger charge is 2.28. The Balaban J connectivity index is 2.24. The summed E-state index contributed by atoms with van der Waals surface area (Å²) in [5.41, 5.74) is 1.00. The van der Waals surface area contributed by atoms with Crippen LogP contribution < -0.4 is 15.5 Å². The molecule has 1 fully saturated rings. The first-order valence-electron chi connectivity index (χ1n) is 6.58. The Hall–Kier alpha value is -2.15. The van der Waals surface area contributed by atoms with Gasteiger partial charge in [-0.25, -0.2) is 4.79 Å². The molecule has 2 heterocycles. The van der Waals surface area contributed by atoms with Crippen molar-refractivity contribution in [1.29, 1.82) is 0 Å². The molecule has 7 nitrogen and oxygen atoms in total. The third-order valence-corrected chi connectivity index (χ3v) is 3.17. The summed E-state index contributed by atoms with van der Waals surface area (Å²) in [7, 11) is 0. The molecule has 108 valence electrons. The van der Waals surface area contributed by atoms with E-state index in [1.807, 2.05) is 6.92 Å². The number of carbonyl (C=O) groups is 2. The molecule has 7 heteroatoms. The number of hydrogen-bond acceptors (Lipinski definition) is 5. The first-order chi connectivity index (χ1) is 9.63. The van der Waals surface area contributed by atoms with Crippen molar-refractivity contribution in [3.05, 3.63) is 24.0 Å². The molecule has 1 aliphatic heterocycles. The summed E-state index contributed by atoms with van der Waals surface area (Å²) in [6.45, 7) is 4.03. The monoisotopic (exact) mass is 278 g/mol. The van der Waals surface area contributed by atoms with Crippen LogP contribution in [0.2, 0.25) is 0 Å². The first-order valence-corrected chi connectivity index (χ1v) is 6.58. The smallest absolute Gasteiger partial charge is 0.327 e. The highest BCUT2D eigenvalue weighted by Crippen LogP contribution is 2.19. The zero-order valence-electron chi connectivity index (χ0n) is 11.3. The van der Waals surface area contributed by atoms with Gasteiger partial charge >= 0.3 is 5.97 Å². The lowest BCUT2D eigenvalue weighted by Crippen LogP contribution is -2.55. The lowest BCUT2D eigenvalue weighted by atomic mass is 10.1. The zero-order valence-corrected chi connectivity index (χ0v) is 11.3. The summed E-state index contributed by atoms with van der Waals surface area (Å²) < 4.78 is 0. The largest absolute Gasteiger partial charge is 0.480 e. The van der Waals surface area contributed by atoms with Crippen LogP contribution in [0.4, 0.5) is 5.69 Å². The van der Waals surface area contributed by atoms with Gasteiger partial charge in [0.25, 0.3) is 5.91 Å². The van der Waals surface area contributed by atoms with Gasteiger partial charge in [0.05, 0.1) is 0 Å². The van der Waals surface area contributed by atoms with Crippen LogP contribution >= 0.6 is 0 Å². The molecule has 1 unspecified atom stereocenters. The van der Waals surface area contributed by atoms with E-state index in [-0.39, 0.29) is 5.91 Å². The number of carbonyl (C=O) groups excluding carboxylic acids is 1. The van der Waals surface area contributed by atoms with Crippen LogP contribution in [0.5, 0.6) is 0 Å². The predicted molar refractivity (Wildman–Crippen MR) is 73.9 cm³/mol. The van der Waals surface area contributed by atoms with Crippen LogP contribution in [-0.4, -0.2) is 54.2 Å². The van der Waals surface area contributed by atoms with Gasteiger partial charge in [0.1, 0.15) is 11.7 Å². The van der Waals surface area contributed by atoms with Crippen LogP contribution in [0.25, 0.3) is 0 Å². The lowest BCUT2D eigenvalue weighted by molar-refractivity contribution is -0.138. The Morgan fingerprint density at radius 2 is 2.40 bits per heavy atom. The number of aliphatic carboxylic acids is 1. The van der Waals surface area contributed by atoms with E-state index in [1.165, 1.54) is 6.20 Å². The lowest BCUT2D eigenvalue weighted by Gasteiger charge is -2.35. The van der Waals surface area contributed by atoms with E-state index >= 15 is 0 Å². The average molecular weight is 278 g/mol. The van der Waals surface area contributed by atoms with Crippen molar-refractivity contribution < 1.29 is 14.7 Å². The second-order valence-corrected chi connectivity index (χ2v) is 4.51. The van der Waals surface area contributed by atoms with Crippen molar-refractivity contribution in [3.63, 3.8) is 0 Å². The van der Waals surface area contributed by atoms with Crippen molar-refractivity contribution >= 4 is 17.6 Å². The highest BCUT2D eigenvalue weighted by molar-refractivity contribution is 5.93. The van der Waals surface area contributed by atoms with Crippen molar-refractivity contribution in [2.45, 2.75) is 13.0 Å². The second-order valence-electron chi connectivity index (χ2n) is 4.51. The number of nitrogens with zero attached hydrogens (tertiary/aromatic N) is 2. The Bertz CT molecular complexity index is 506. The van der Waals surface area contributed by atoms with Crippen LogP contribution in [0.1, 0.15) is 17.4 Å². The van der Waals surface area contributed by atoms with E-state index in [4.69, 9.17) is 0 Å². The maximum absolute atomic E-state index is 11.8. The molecule has 1 aromatic heterocycles. The third kappa shape index (κ3) is 3.05. The molecule has 1 atom stereocenters. The number of pyridine rings is 1. The molecule has 0 spiro atoms. The molecule has 1 aromatic rings. The molecule has 0 radical (unpaired) electrons. The van der Waals surface area contributed by atoms with Crippen molar-refractivity contribution in [3.8, 4) is 0 Å². The number of piperazine rings is 1. The number of nitrogens with one attached hydrogen (secondary N) is 2.